The molecule has 4 rings (SSSR count). The highest BCUT2D eigenvalue weighted by Gasteiger charge is 2.42. The second-order valence-electron chi connectivity index (χ2n) is 9.03. The minimum absolute atomic E-state index is 0.0213. The molecular formula is C28H34N2O4. The Kier molecular flexibility index (Phi) is 7.08. The van der Waals surface area contributed by atoms with E-state index in [1.165, 1.54) is 0 Å². The highest BCUT2D eigenvalue weighted by atomic mass is 16.5. The molecule has 34 heavy (non-hydrogen) atoms. The number of hydrogen-bond donors (Lipinski definition) is 0. The molecule has 1 aromatic heterocycles. The van der Waals surface area contributed by atoms with Gasteiger partial charge < -0.3 is 19.0 Å². The summed E-state index contributed by atoms with van der Waals surface area (Å²) in [6.45, 7) is 13.2. The van der Waals surface area contributed by atoms with E-state index < -0.39 is 6.04 Å². The van der Waals surface area contributed by atoms with E-state index in [2.05, 4.69) is 25.7 Å². The van der Waals surface area contributed by atoms with Crippen molar-refractivity contribution in [2.45, 2.75) is 53.2 Å². The number of aryl methyl sites for hydroxylation is 1. The third kappa shape index (κ3) is 4.47. The van der Waals surface area contributed by atoms with Crippen molar-refractivity contribution in [1.29, 1.82) is 0 Å². The SMILES string of the molecule is CCc1ccc2oc3c(c(=O)c2c1)C(c1cccc(OC(C)C)c1)N(CCN(CC)CC)C3=O. The van der Waals surface area contributed by atoms with Crippen molar-refractivity contribution < 1.29 is 13.9 Å². The van der Waals surface area contributed by atoms with E-state index in [9.17, 15) is 9.59 Å². The van der Waals surface area contributed by atoms with Crippen molar-refractivity contribution in [2.75, 3.05) is 26.2 Å². The molecule has 1 unspecified atom stereocenters. The molecule has 6 nitrogen and oxygen atoms in total. The van der Waals surface area contributed by atoms with Gasteiger partial charge >= 0.3 is 0 Å². The van der Waals surface area contributed by atoms with E-state index in [-0.39, 0.29) is 23.2 Å². The molecule has 1 amide bonds. The molecule has 1 aliphatic heterocycles. The van der Waals surface area contributed by atoms with E-state index in [1.54, 1.807) is 11.0 Å². The molecule has 2 heterocycles. The van der Waals surface area contributed by atoms with Crippen molar-refractivity contribution in [3.8, 4) is 5.75 Å². The summed E-state index contributed by atoms with van der Waals surface area (Å²) in [6.07, 6.45) is 0.840. The summed E-state index contributed by atoms with van der Waals surface area (Å²) in [5.74, 6) is 0.637. The minimum Gasteiger partial charge on any atom is -0.491 e. The van der Waals surface area contributed by atoms with Crippen molar-refractivity contribution in [3.63, 3.8) is 0 Å². The van der Waals surface area contributed by atoms with Crippen LogP contribution in [-0.4, -0.2) is 48.0 Å². The number of ether oxygens (including phenoxy) is 1. The third-order valence-corrected chi connectivity index (χ3v) is 6.54. The first-order chi connectivity index (χ1) is 16.4. The Morgan fingerprint density at radius 2 is 1.82 bits per heavy atom. The van der Waals surface area contributed by atoms with Crippen LogP contribution in [0.1, 0.15) is 67.9 Å². The lowest BCUT2D eigenvalue weighted by atomic mass is 9.97. The number of benzene rings is 2. The van der Waals surface area contributed by atoms with E-state index in [0.29, 0.717) is 23.1 Å². The zero-order chi connectivity index (χ0) is 24.4. The average molecular weight is 463 g/mol. The van der Waals surface area contributed by atoms with Crippen molar-refractivity contribution in [1.82, 2.24) is 9.80 Å². The normalized spacial score (nSPS) is 15.6. The summed E-state index contributed by atoms with van der Waals surface area (Å²) in [5, 5.41) is 0.524. The molecule has 0 N–H and O–H groups in total. The van der Waals surface area contributed by atoms with Crippen LogP contribution in [0.4, 0.5) is 0 Å². The zero-order valence-electron chi connectivity index (χ0n) is 20.8. The molecule has 180 valence electrons. The molecule has 0 radical (unpaired) electrons. The highest BCUT2D eigenvalue weighted by Crippen LogP contribution is 2.39. The van der Waals surface area contributed by atoms with Gasteiger partial charge in [-0.2, -0.15) is 0 Å². The Morgan fingerprint density at radius 1 is 1.06 bits per heavy atom. The van der Waals surface area contributed by atoms with Crippen LogP contribution in [0, 0.1) is 0 Å². The van der Waals surface area contributed by atoms with Crippen LogP contribution in [0.15, 0.2) is 51.7 Å². The van der Waals surface area contributed by atoms with Crippen LogP contribution in [0.3, 0.4) is 0 Å². The van der Waals surface area contributed by atoms with Crippen molar-refractivity contribution in [2.24, 2.45) is 0 Å². The minimum atomic E-state index is -0.514. The van der Waals surface area contributed by atoms with E-state index in [1.807, 2.05) is 50.2 Å². The molecule has 0 saturated carbocycles. The van der Waals surface area contributed by atoms with Gasteiger partial charge in [-0.1, -0.05) is 39.0 Å². The average Bonchev–Trinajstić information content (AvgIpc) is 3.11. The van der Waals surface area contributed by atoms with Crippen LogP contribution in [-0.2, 0) is 6.42 Å². The van der Waals surface area contributed by atoms with Gasteiger partial charge in [0.2, 0.25) is 5.76 Å². The maximum Gasteiger partial charge on any atom is 0.290 e. The van der Waals surface area contributed by atoms with Gasteiger partial charge in [0, 0.05) is 13.1 Å². The van der Waals surface area contributed by atoms with Gasteiger partial charge in [0.1, 0.15) is 11.3 Å². The Labute approximate surface area is 201 Å². The molecule has 3 aromatic rings. The summed E-state index contributed by atoms with van der Waals surface area (Å²) in [6, 6.07) is 12.8. The lowest BCUT2D eigenvalue weighted by Gasteiger charge is -2.28. The number of rotatable bonds is 9. The molecule has 0 saturated heterocycles. The summed E-state index contributed by atoms with van der Waals surface area (Å²) in [4.78, 5) is 31.4. The van der Waals surface area contributed by atoms with E-state index in [0.717, 1.165) is 42.9 Å². The summed E-state index contributed by atoms with van der Waals surface area (Å²) in [5.41, 5.74) is 2.65. The van der Waals surface area contributed by atoms with Gasteiger partial charge in [-0.25, -0.2) is 0 Å². The summed E-state index contributed by atoms with van der Waals surface area (Å²) in [7, 11) is 0. The topological polar surface area (TPSA) is 63.0 Å². The smallest absolute Gasteiger partial charge is 0.290 e. The number of amides is 1. The second kappa shape index (κ2) is 10.0. The van der Waals surface area contributed by atoms with Gasteiger partial charge in [-0.15, -0.1) is 0 Å². The van der Waals surface area contributed by atoms with E-state index >= 15 is 0 Å². The first-order valence-corrected chi connectivity index (χ1v) is 12.3. The standard InChI is InChI=1S/C28H34N2O4/c1-6-19-12-13-23-22(16-19)26(31)24-25(20-10-9-11-21(17-20)33-18(4)5)30(28(32)27(24)34-23)15-14-29(7-2)8-3/h9-13,16-18,25H,6-8,14-15H2,1-5H3. The Hall–Kier alpha value is -3.12. The molecule has 6 heteroatoms. The van der Waals surface area contributed by atoms with Gasteiger partial charge in [0.25, 0.3) is 5.91 Å². The number of nitrogens with zero attached hydrogens (tertiary/aromatic N) is 2. The summed E-state index contributed by atoms with van der Waals surface area (Å²) < 4.78 is 12.0. The largest absolute Gasteiger partial charge is 0.491 e. The number of fused-ring (bicyclic) bond motifs is 2. The zero-order valence-corrected chi connectivity index (χ0v) is 20.8. The molecule has 0 fully saturated rings. The van der Waals surface area contributed by atoms with Gasteiger partial charge in [0.15, 0.2) is 5.43 Å². The van der Waals surface area contributed by atoms with Crippen LogP contribution in [0.2, 0.25) is 0 Å². The first-order valence-electron chi connectivity index (χ1n) is 12.3. The van der Waals surface area contributed by atoms with Crippen LogP contribution < -0.4 is 10.2 Å². The van der Waals surface area contributed by atoms with Gasteiger partial charge in [0.05, 0.1) is 23.1 Å². The molecule has 1 aliphatic rings. The third-order valence-electron chi connectivity index (χ3n) is 6.54. The Morgan fingerprint density at radius 3 is 2.50 bits per heavy atom. The molecule has 0 bridgehead atoms. The second-order valence-corrected chi connectivity index (χ2v) is 9.03. The van der Waals surface area contributed by atoms with Crippen LogP contribution >= 0.6 is 0 Å². The van der Waals surface area contributed by atoms with Crippen molar-refractivity contribution >= 4 is 16.9 Å². The monoisotopic (exact) mass is 462 g/mol. The fraction of sp³-hybridized carbons (Fsp3) is 0.429. The Balaban J connectivity index is 1.87. The predicted molar refractivity (Wildman–Crippen MR) is 135 cm³/mol. The quantitative estimate of drug-likeness (QED) is 0.446. The Bertz CT molecular complexity index is 1240. The van der Waals surface area contributed by atoms with Crippen LogP contribution in [0.5, 0.6) is 5.75 Å². The fourth-order valence-corrected chi connectivity index (χ4v) is 4.68. The maximum absolute atomic E-state index is 13.8. The van der Waals surface area contributed by atoms with E-state index in [4.69, 9.17) is 9.15 Å². The summed E-state index contributed by atoms with van der Waals surface area (Å²) >= 11 is 0. The number of hydrogen-bond acceptors (Lipinski definition) is 5. The predicted octanol–water partition coefficient (Wildman–Crippen LogP) is 5.03. The maximum atomic E-state index is 13.8. The van der Waals surface area contributed by atoms with Crippen LogP contribution in [0.25, 0.3) is 11.0 Å². The lowest BCUT2D eigenvalue weighted by Crippen LogP contribution is -2.37. The van der Waals surface area contributed by atoms with Crippen molar-refractivity contribution in [3.05, 3.63) is 75.1 Å². The fourth-order valence-electron chi connectivity index (χ4n) is 4.68. The number of carbonyl (C=O) groups excluding carboxylic acids is 1. The molecule has 0 spiro atoms. The number of likely N-dealkylation sites (N-methyl/N-ethyl adjacent to an activating group) is 1. The lowest BCUT2D eigenvalue weighted by molar-refractivity contribution is 0.0707. The molecule has 2 aromatic carbocycles. The molecule has 1 atom stereocenters. The number of carbonyl (C=O) groups is 1. The van der Waals surface area contributed by atoms with Gasteiger partial charge in [-0.05, 0) is 68.8 Å². The molecular weight excluding hydrogens is 428 g/mol. The van der Waals surface area contributed by atoms with Gasteiger partial charge in [-0.3, -0.25) is 9.59 Å². The first kappa shape index (κ1) is 24.0. The highest BCUT2D eigenvalue weighted by molar-refractivity contribution is 5.99. The molecule has 0 aliphatic carbocycles.